The normalized spacial score (nSPS) is 11.8. The van der Waals surface area contributed by atoms with Gasteiger partial charge in [-0.1, -0.05) is 19.1 Å². The van der Waals surface area contributed by atoms with Crippen molar-refractivity contribution in [3.8, 4) is 11.3 Å². The van der Waals surface area contributed by atoms with Crippen LogP contribution in [0.2, 0.25) is 0 Å². The maximum Gasteiger partial charge on any atom is 0.240 e. The summed E-state index contributed by atoms with van der Waals surface area (Å²) >= 11 is 0. The Morgan fingerprint density at radius 1 is 1.14 bits per heavy atom. The molecule has 0 spiro atoms. The Hall–Kier alpha value is -3.24. The highest BCUT2D eigenvalue weighted by atomic mass is 32.2. The number of nitrogens with zero attached hydrogens (tertiary/aromatic N) is 4. The average Bonchev–Trinajstić information content (AvgIpc) is 3.26. The molecule has 0 aliphatic heterocycles. The zero-order valence-corrected chi connectivity index (χ0v) is 17.1. The SMILES string of the molecule is CCNS(=O)(=O)c1cccc(-c2cc3nc(C)cn3c(Nc3cc(C)[nH]n3)n2)c1. The molecule has 4 aromatic rings. The molecule has 3 heterocycles. The summed E-state index contributed by atoms with van der Waals surface area (Å²) in [5, 5.41) is 10.3. The van der Waals surface area contributed by atoms with E-state index in [2.05, 4.69) is 25.2 Å². The van der Waals surface area contributed by atoms with E-state index < -0.39 is 10.0 Å². The minimum Gasteiger partial charge on any atom is -0.308 e. The molecule has 1 aromatic carbocycles. The Bertz CT molecular complexity index is 1290. The number of sulfonamides is 1. The lowest BCUT2D eigenvalue weighted by atomic mass is 10.1. The molecule has 150 valence electrons. The number of rotatable bonds is 6. The van der Waals surface area contributed by atoms with E-state index in [1.54, 1.807) is 25.1 Å². The Morgan fingerprint density at radius 3 is 2.69 bits per heavy atom. The Kier molecular flexibility index (Phi) is 4.81. The van der Waals surface area contributed by atoms with Crippen LogP contribution in [0.4, 0.5) is 11.8 Å². The number of hydrogen-bond donors (Lipinski definition) is 3. The van der Waals surface area contributed by atoms with Gasteiger partial charge >= 0.3 is 0 Å². The molecular formula is C19H21N7O2S. The molecule has 3 aromatic heterocycles. The van der Waals surface area contributed by atoms with E-state index in [9.17, 15) is 8.42 Å². The Morgan fingerprint density at radius 2 is 1.97 bits per heavy atom. The second-order valence-corrected chi connectivity index (χ2v) is 8.43. The lowest BCUT2D eigenvalue weighted by Crippen LogP contribution is -2.23. The van der Waals surface area contributed by atoms with Gasteiger partial charge in [0.25, 0.3) is 0 Å². The number of nitrogens with one attached hydrogen (secondary N) is 3. The summed E-state index contributed by atoms with van der Waals surface area (Å²) in [6.45, 7) is 5.88. The molecular weight excluding hydrogens is 390 g/mol. The minimum absolute atomic E-state index is 0.190. The summed E-state index contributed by atoms with van der Waals surface area (Å²) in [6, 6.07) is 10.4. The van der Waals surface area contributed by atoms with Crippen LogP contribution in [0.15, 0.2) is 47.5 Å². The molecule has 9 nitrogen and oxygen atoms in total. The number of aromatic nitrogens is 5. The monoisotopic (exact) mass is 411 g/mol. The molecule has 0 aliphatic rings. The smallest absolute Gasteiger partial charge is 0.240 e. The summed E-state index contributed by atoms with van der Waals surface area (Å²) in [5.74, 6) is 1.16. The van der Waals surface area contributed by atoms with E-state index in [4.69, 9.17) is 4.98 Å². The summed E-state index contributed by atoms with van der Waals surface area (Å²) in [7, 11) is -3.56. The molecule has 29 heavy (non-hydrogen) atoms. The van der Waals surface area contributed by atoms with Crippen LogP contribution in [0.5, 0.6) is 0 Å². The maximum atomic E-state index is 12.4. The van der Waals surface area contributed by atoms with Gasteiger partial charge in [0.05, 0.1) is 16.3 Å². The van der Waals surface area contributed by atoms with Crippen molar-refractivity contribution in [1.29, 1.82) is 0 Å². The molecule has 0 fully saturated rings. The molecule has 0 bridgehead atoms. The summed E-state index contributed by atoms with van der Waals surface area (Å²) in [6.07, 6.45) is 1.88. The Labute approximate surface area is 168 Å². The van der Waals surface area contributed by atoms with Crippen LogP contribution < -0.4 is 10.0 Å². The average molecular weight is 411 g/mol. The summed E-state index contributed by atoms with van der Waals surface area (Å²) < 4.78 is 29.1. The molecule has 0 radical (unpaired) electrons. The van der Waals surface area contributed by atoms with Gasteiger partial charge in [-0.3, -0.25) is 9.50 Å². The van der Waals surface area contributed by atoms with Gasteiger partial charge in [-0.2, -0.15) is 5.10 Å². The highest BCUT2D eigenvalue weighted by Crippen LogP contribution is 2.25. The van der Waals surface area contributed by atoms with Crippen LogP contribution in [0.25, 0.3) is 16.9 Å². The van der Waals surface area contributed by atoms with E-state index >= 15 is 0 Å². The van der Waals surface area contributed by atoms with Gasteiger partial charge in [0.1, 0.15) is 5.65 Å². The topological polar surface area (TPSA) is 117 Å². The number of anilines is 2. The summed E-state index contributed by atoms with van der Waals surface area (Å²) in [4.78, 5) is 9.42. The van der Waals surface area contributed by atoms with Crippen LogP contribution >= 0.6 is 0 Å². The predicted molar refractivity (Wildman–Crippen MR) is 111 cm³/mol. The zero-order chi connectivity index (χ0) is 20.6. The first-order chi connectivity index (χ1) is 13.9. The van der Waals surface area contributed by atoms with Gasteiger partial charge in [0.2, 0.25) is 16.0 Å². The molecule has 0 saturated heterocycles. The highest BCUT2D eigenvalue weighted by Gasteiger charge is 2.16. The van der Waals surface area contributed by atoms with Crippen LogP contribution in [0.1, 0.15) is 18.3 Å². The summed E-state index contributed by atoms with van der Waals surface area (Å²) in [5.41, 5.74) is 3.73. The molecule has 4 rings (SSSR count). The van der Waals surface area contributed by atoms with Crippen LogP contribution in [-0.2, 0) is 10.0 Å². The van der Waals surface area contributed by atoms with E-state index in [0.29, 0.717) is 35.2 Å². The first-order valence-electron chi connectivity index (χ1n) is 9.11. The lowest BCUT2D eigenvalue weighted by Gasteiger charge is -2.10. The van der Waals surface area contributed by atoms with Crippen molar-refractivity contribution in [2.24, 2.45) is 0 Å². The first-order valence-corrected chi connectivity index (χ1v) is 10.6. The van der Waals surface area contributed by atoms with Crippen LogP contribution in [-0.4, -0.2) is 39.5 Å². The fourth-order valence-corrected chi connectivity index (χ4v) is 4.13. The van der Waals surface area contributed by atoms with Gasteiger partial charge in [0.15, 0.2) is 5.82 Å². The largest absolute Gasteiger partial charge is 0.308 e. The van der Waals surface area contributed by atoms with Gasteiger partial charge in [-0.15, -0.1) is 0 Å². The fraction of sp³-hybridized carbons (Fsp3) is 0.211. The van der Waals surface area contributed by atoms with E-state index in [-0.39, 0.29) is 4.90 Å². The molecule has 3 N–H and O–H groups in total. The van der Waals surface area contributed by atoms with Gasteiger partial charge in [-0.05, 0) is 26.0 Å². The standard InChI is InChI=1S/C19H21N7O2S/c1-4-20-29(27,28)15-7-5-6-14(9-15)16-10-18-21-13(3)11-26(18)19(22-16)23-17-8-12(2)24-25-17/h5-11,20H,4H2,1-3H3,(H2,22,23,24,25). The van der Waals surface area contributed by atoms with Crippen LogP contribution in [0.3, 0.4) is 0 Å². The van der Waals surface area contributed by atoms with Crippen molar-refractivity contribution >= 4 is 27.4 Å². The number of H-pyrrole nitrogens is 1. The lowest BCUT2D eigenvalue weighted by molar-refractivity contribution is 0.584. The van der Waals surface area contributed by atoms with Gasteiger partial charge in [0, 0.05) is 36.1 Å². The molecule has 10 heteroatoms. The zero-order valence-electron chi connectivity index (χ0n) is 16.3. The second-order valence-electron chi connectivity index (χ2n) is 6.67. The van der Waals surface area contributed by atoms with Crippen molar-refractivity contribution in [3.05, 3.63) is 54.0 Å². The van der Waals surface area contributed by atoms with E-state index in [0.717, 1.165) is 11.4 Å². The fourth-order valence-electron chi connectivity index (χ4n) is 3.04. The number of aryl methyl sites for hydroxylation is 2. The van der Waals surface area contributed by atoms with Gasteiger partial charge < -0.3 is 5.32 Å². The molecule has 0 atom stereocenters. The number of hydrogen-bond acceptors (Lipinski definition) is 6. The third-order valence-corrected chi connectivity index (χ3v) is 5.84. The third-order valence-electron chi connectivity index (χ3n) is 4.29. The first kappa shape index (κ1) is 19.1. The second kappa shape index (κ2) is 7.30. The van der Waals surface area contributed by atoms with Crippen LogP contribution in [0, 0.1) is 13.8 Å². The quantitative estimate of drug-likeness (QED) is 0.449. The molecule has 0 aliphatic carbocycles. The number of aromatic amines is 1. The van der Waals surface area contributed by atoms with Gasteiger partial charge in [-0.25, -0.2) is 23.1 Å². The molecule has 0 saturated carbocycles. The number of benzene rings is 1. The maximum absolute atomic E-state index is 12.4. The van der Waals surface area contributed by atoms with E-state index in [1.165, 1.54) is 0 Å². The number of imidazole rings is 1. The van der Waals surface area contributed by atoms with Crippen molar-refractivity contribution in [2.45, 2.75) is 25.7 Å². The predicted octanol–water partition coefficient (Wildman–Crippen LogP) is 2.78. The Balaban J connectivity index is 1.82. The number of fused-ring (bicyclic) bond motifs is 1. The third kappa shape index (κ3) is 3.84. The molecule has 0 amide bonds. The van der Waals surface area contributed by atoms with Crippen molar-refractivity contribution in [2.75, 3.05) is 11.9 Å². The van der Waals surface area contributed by atoms with Crippen molar-refractivity contribution in [1.82, 2.24) is 29.3 Å². The minimum atomic E-state index is -3.56. The van der Waals surface area contributed by atoms with Crippen molar-refractivity contribution in [3.63, 3.8) is 0 Å². The van der Waals surface area contributed by atoms with E-state index in [1.807, 2.05) is 42.6 Å². The highest BCUT2D eigenvalue weighted by molar-refractivity contribution is 7.89. The van der Waals surface area contributed by atoms with Crippen molar-refractivity contribution < 1.29 is 8.42 Å². The molecule has 0 unspecified atom stereocenters.